The highest BCUT2D eigenvalue weighted by molar-refractivity contribution is 6.30. The van der Waals surface area contributed by atoms with Crippen molar-refractivity contribution in [3.63, 3.8) is 0 Å². The summed E-state index contributed by atoms with van der Waals surface area (Å²) in [4.78, 5) is 13.9. The molecule has 4 nitrogen and oxygen atoms in total. The second kappa shape index (κ2) is 6.30. The molecule has 0 fully saturated rings. The molecule has 104 valence electrons. The van der Waals surface area contributed by atoms with Crippen molar-refractivity contribution in [3.8, 4) is 0 Å². The third-order valence-electron chi connectivity index (χ3n) is 2.88. The van der Waals surface area contributed by atoms with E-state index in [2.05, 4.69) is 5.32 Å². The first kappa shape index (κ1) is 14.2. The van der Waals surface area contributed by atoms with Crippen LogP contribution in [0.4, 0.5) is 21.9 Å². The molecular weight excluding hydrogens is 274 g/mol. The molecule has 0 aliphatic rings. The maximum Gasteiger partial charge on any atom is 0.326 e. The first-order chi connectivity index (χ1) is 9.61. The van der Waals surface area contributed by atoms with E-state index >= 15 is 0 Å². The minimum atomic E-state index is -0.229. The molecule has 2 aromatic carbocycles. The molecule has 0 atom stereocenters. The van der Waals surface area contributed by atoms with E-state index in [1.165, 1.54) is 0 Å². The summed E-state index contributed by atoms with van der Waals surface area (Å²) in [5.41, 5.74) is 7.86. The van der Waals surface area contributed by atoms with E-state index in [1.54, 1.807) is 35.2 Å². The standard InChI is InChI=1S/C15H16ClN3O/c1-2-19(14-6-4-3-5-13(14)17)15(20)18-12-9-7-11(16)8-10-12/h3-10H,2,17H2,1H3,(H,18,20). The zero-order valence-corrected chi connectivity index (χ0v) is 11.9. The van der Waals surface area contributed by atoms with Crippen LogP contribution in [0.5, 0.6) is 0 Å². The van der Waals surface area contributed by atoms with Crippen molar-refractivity contribution in [1.82, 2.24) is 0 Å². The van der Waals surface area contributed by atoms with Gasteiger partial charge in [-0.15, -0.1) is 0 Å². The highest BCUT2D eigenvalue weighted by atomic mass is 35.5. The number of nitrogen functional groups attached to an aromatic ring is 1. The lowest BCUT2D eigenvalue weighted by molar-refractivity contribution is 0.257. The van der Waals surface area contributed by atoms with Crippen LogP contribution in [0.15, 0.2) is 48.5 Å². The van der Waals surface area contributed by atoms with E-state index < -0.39 is 0 Å². The number of halogens is 1. The van der Waals surface area contributed by atoms with Gasteiger partial charge in [0.25, 0.3) is 0 Å². The monoisotopic (exact) mass is 289 g/mol. The molecular formula is C15H16ClN3O. The quantitative estimate of drug-likeness (QED) is 0.840. The van der Waals surface area contributed by atoms with Crippen LogP contribution < -0.4 is 16.0 Å². The molecule has 0 saturated carbocycles. The highest BCUT2D eigenvalue weighted by Gasteiger charge is 2.15. The Morgan fingerprint density at radius 1 is 1.20 bits per heavy atom. The lowest BCUT2D eigenvalue weighted by Crippen LogP contribution is -2.35. The molecule has 2 aromatic rings. The number of anilines is 3. The van der Waals surface area contributed by atoms with E-state index in [0.717, 1.165) is 0 Å². The van der Waals surface area contributed by atoms with Gasteiger partial charge in [0.1, 0.15) is 0 Å². The molecule has 0 aliphatic heterocycles. The van der Waals surface area contributed by atoms with Crippen LogP contribution in [0.2, 0.25) is 5.02 Å². The van der Waals surface area contributed by atoms with Gasteiger partial charge in [-0.1, -0.05) is 23.7 Å². The lowest BCUT2D eigenvalue weighted by atomic mass is 10.2. The summed E-state index contributed by atoms with van der Waals surface area (Å²) in [5.74, 6) is 0. The Hall–Kier alpha value is -2.20. The van der Waals surface area contributed by atoms with Crippen LogP contribution in [-0.4, -0.2) is 12.6 Å². The van der Waals surface area contributed by atoms with Crippen LogP contribution in [0.1, 0.15) is 6.92 Å². The number of carbonyl (C=O) groups excluding carboxylic acids is 1. The number of amides is 2. The lowest BCUT2D eigenvalue weighted by Gasteiger charge is -2.23. The summed E-state index contributed by atoms with van der Waals surface area (Å²) in [6.45, 7) is 2.42. The van der Waals surface area contributed by atoms with E-state index in [9.17, 15) is 4.79 Å². The fourth-order valence-electron chi connectivity index (χ4n) is 1.88. The minimum absolute atomic E-state index is 0.229. The van der Waals surface area contributed by atoms with E-state index in [-0.39, 0.29) is 6.03 Å². The first-order valence-corrected chi connectivity index (χ1v) is 6.68. The van der Waals surface area contributed by atoms with Gasteiger partial charge in [-0.05, 0) is 43.3 Å². The molecule has 20 heavy (non-hydrogen) atoms. The van der Waals surface area contributed by atoms with Crippen molar-refractivity contribution >= 4 is 34.7 Å². The average Bonchev–Trinajstić information content (AvgIpc) is 2.44. The van der Waals surface area contributed by atoms with Crippen molar-refractivity contribution in [2.45, 2.75) is 6.92 Å². The molecule has 0 bridgehead atoms. The molecule has 0 saturated heterocycles. The Kier molecular flexibility index (Phi) is 4.48. The number of carbonyl (C=O) groups is 1. The molecule has 3 N–H and O–H groups in total. The van der Waals surface area contributed by atoms with Crippen molar-refractivity contribution < 1.29 is 4.79 Å². The highest BCUT2D eigenvalue weighted by Crippen LogP contribution is 2.23. The van der Waals surface area contributed by atoms with Crippen molar-refractivity contribution in [1.29, 1.82) is 0 Å². The summed E-state index contributed by atoms with van der Waals surface area (Å²) in [6.07, 6.45) is 0. The van der Waals surface area contributed by atoms with Gasteiger partial charge < -0.3 is 11.1 Å². The molecule has 2 rings (SSSR count). The van der Waals surface area contributed by atoms with Gasteiger partial charge in [-0.2, -0.15) is 0 Å². The Balaban J connectivity index is 2.18. The van der Waals surface area contributed by atoms with Crippen molar-refractivity contribution in [3.05, 3.63) is 53.6 Å². The van der Waals surface area contributed by atoms with Crippen LogP contribution >= 0.6 is 11.6 Å². The summed E-state index contributed by atoms with van der Waals surface area (Å²) in [5, 5.41) is 3.45. The van der Waals surface area contributed by atoms with Crippen molar-refractivity contribution in [2.24, 2.45) is 0 Å². The molecule has 5 heteroatoms. The number of nitrogens with zero attached hydrogens (tertiary/aromatic N) is 1. The zero-order chi connectivity index (χ0) is 14.5. The SMILES string of the molecule is CCN(C(=O)Nc1ccc(Cl)cc1)c1ccccc1N. The Morgan fingerprint density at radius 3 is 2.45 bits per heavy atom. The van der Waals surface area contributed by atoms with Gasteiger partial charge in [0, 0.05) is 17.3 Å². The summed E-state index contributed by atoms with van der Waals surface area (Å²) >= 11 is 5.82. The van der Waals surface area contributed by atoms with Crippen molar-refractivity contribution in [2.75, 3.05) is 22.5 Å². The van der Waals surface area contributed by atoms with Gasteiger partial charge in [-0.25, -0.2) is 4.79 Å². The van der Waals surface area contributed by atoms with Gasteiger partial charge >= 0.3 is 6.03 Å². The van der Waals surface area contributed by atoms with E-state index in [4.69, 9.17) is 17.3 Å². The topological polar surface area (TPSA) is 58.4 Å². The van der Waals surface area contributed by atoms with Crippen LogP contribution in [0.25, 0.3) is 0 Å². The van der Waals surface area contributed by atoms with Gasteiger partial charge in [-0.3, -0.25) is 4.90 Å². The smallest absolute Gasteiger partial charge is 0.326 e. The summed E-state index contributed by atoms with van der Waals surface area (Å²) < 4.78 is 0. The number of para-hydroxylation sites is 2. The Morgan fingerprint density at radius 2 is 1.85 bits per heavy atom. The predicted octanol–water partition coefficient (Wildman–Crippen LogP) is 3.98. The Bertz CT molecular complexity index is 598. The number of rotatable bonds is 3. The third-order valence-corrected chi connectivity index (χ3v) is 3.14. The molecule has 0 aromatic heterocycles. The second-order valence-corrected chi connectivity index (χ2v) is 4.68. The molecule has 2 amide bonds. The fraction of sp³-hybridized carbons (Fsp3) is 0.133. The molecule has 0 aliphatic carbocycles. The molecule has 0 heterocycles. The number of hydrogen-bond acceptors (Lipinski definition) is 2. The van der Waals surface area contributed by atoms with E-state index in [1.807, 2.05) is 25.1 Å². The zero-order valence-electron chi connectivity index (χ0n) is 11.1. The number of benzene rings is 2. The summed E-state index contributed by atoms with van der Waals surface area (Å²) in [6, 6.07) is 14.0. The normalized spacial score (nSPS) is 10.1. The maximum atomic E-state index is 12.3. The third kappa shape index (κ3) is 3.22. The van der Waals surface area contributed by atoms with Gasteiger partial charge in [0.15, 0.2) is 0 Å². The van der Waals surface area contributed by atoms with Gasteiger partial charge in [0.05, 0.1) is 11.4 Å². The van der Waals surface area contributed by atoms with Crippen LogP contribution in [0.3, 0.4) is 0 Å². The predicted molar refractivity (Wildman–Crippen MR) is 84.3 cm³/mol. The number of urea groups is 1. The molecule has 0 radical (unpaired) electrons. The van der Waals surface area contributed by atoms with Crippen LogP contribution in [0, 0.1) is 0 Å². The largest absolute Gasteiger partial charge is 0.397 e. The number of hydrogen-bond donors (Lipinski definition) is 2. The van der Waals surface area contributed by atoms with Crippen LogP contribution in [-0.2, 0) is 0 Å². The summed E-state index contributed by atoms with van der Waals surface area (Å²) in [7, 11) is 0. The molecule has 0 spiro atoms. The first-order valence-electron chi connectivity index (χ1n) is 6.30. The second-order valence-electron chi connectivity index (χ2n) is 4.24. The maximum absolute atomic E-state index is 12.3. The minimum Gasteiger partial charge on any atom is -0.397 e. The fourth-order valence-corrected chi connectivity index (χ4v) is 2.01. The molecule has 0 unspecified atom stereocenters. The number of nitrogens with two attached hydrogens (primary N) is 1. The number of nitrogens with one attached hydrogen (secondary N) is 1. The van der Waals surface area contributed by atoms with Gasteiger partial charge in [0.2, 0.25) is 0 Å². The van der Waals surface area contributed by atoms with E-state index in [0.29, 0.717) is 28.6 Å². The average molecular weight is 290 g/mol. The Labute approximate surface area is 123 Å².